The highest BCUT2D eigenvalue weighted by Crippen LogP contribution is 2.34. The molecule has 3 aromatic rings. The summed E-state index contributed by atoms with van der Waals surface area (Å²) >= 11 is 0. The number of para-hydroxylation sites is 1. The number of rotatable bonds is 7. The lowest BCUT2D eigenvalue weighted by Crippen LogP contribution is -2.26. The molecule has 170 valence electrons. The molecule has 12 heteroatoms. The summed E-state index contributed by atoms with van der Waals surface area (Å²) in [6.45, 7) is 1.68. The number of nitrogens with zero attached hydrogens (tertiary/aromatic N) is 4. The van der Waals surface area contributed by atoms with Crippen LogP contribution in [0, 0.1) is 6.92 Å². The Morgan fingerprint density at radius 2 is 1.84 bits per heavy atom. The van der Waals surface area contributed by atoms with Gasteiger partial charge in [0.15, 0.2) is 0 Å². The maximum Gasteiger partial charge on any atom is 0.421 e. The molecule has 0 radical (unpaired) electrons. The number of sulfonamides is 1. The van der Waals surface area contributed by atoms with E-state index in [1.165, 1.54) is 7.05 Å². The van der Waals surface area contributed by atoms with Gasteiger partial charge < -0.3 is 10.6 Å². The predicted octanol–water partition coefficient (Wildman–Crippen LogP) is 3.95. The highest BCUT2D eigenvalue weighted by atomic mass is 32.2. The number of pyridine rings is 1. The van der Waals surface area contributed by atoms with E-state index in [-0.39, 0.29) is 12.5 Å². The molecule has 0 saturated carbocycles. The predicted molar refractivity (Wildman–Crippen MR) is 116 cm³/mol. The number of anilines is 4. The topological polar surface area (TPSA) is 100 Å². The van der Waals surface area contributed by atoms with Gasteiger partial charge in [0, 0.05) is 37.4 Å². The first-order chi connectivity index (χ1) is 14.9. The van der Waals surface area contributed by atoms with Crippen molar-refractivity contribution in [1.29, 1.82) is 0 Å². The lowest BCUT2D eigenvalue weighted by molar-refractivity contribution is -0.137. The molecule has 1 aromatic carbocycles. The number of halogens is 3. The zero-order chi connectivity index (χ0) is 23.5. The first kappa shape index (κ1) is 23.3. The van der Waals surface area contributed by atoms with Gasteiger partial charge in [-0.1, -0.05) is 18.2 Å². The zero-order valence-corrected chi connectivity index (χ0v) is 18.3. The van der Waals surface area contributed by atoms with Crippen LogP contribution in [0.25, 0.3) is 0 Å². The van der Waals surface area contributed by atoms with Crippen LogP contribution in [0.5, 0.6) is 0 Å². The van der Waals surface area contributed by atoms with Crippen molar-refractivity contribution in [2.24, 2.45) is 0 Å². The van der Waals surface area contributed by atoms with Crippen molar-refractivity contribution < 1.29 is 21.6 Å². The summed E-state index contributed by atoms with van der Waals surface area (Å²) in [7, 11) is -2.18. The van der Waals surface area contributed by atoms with Gasteiger partial charge in [-0.2, -0.15) is 18.2 Å². The Hall–Kier alpha value is -3.41. The van der Waals surface area contributed by atoms with Crippen LogP contribution in [0.1, 0.15) is 16.8 Å². The van der Waals surface area contributed by atoms with Crippen molar-refractivity contribution in [3.05, 3.63) is 65.6 Å². The summed E-state index contributed by atoms with van der Waals surface area (Å²) < 4.78 is 65.4. The average Bonchev–Trinajstić information content (AvgIpc) is 2.70. The van der Waals surface area contributed by atoms with Gasteiger partial charge >= 0.3 is 6.18 Å². The lowest BCUT2D eigenvalue weighted by atomic mass is 10.1. The fourth-order valence-electron chi connectivity index (χ4n) is 2.86. The van der Waals surface area contributed by atoms with E-state index in [1.54, 1.807) is 49.5 Å². The molecule has 0 amide bonds. The molecular formula is C20H21F3N6O2S. The van der Waals surface area contributed by atoms with E-state index < -0.39 is 27.6 Å². The molecular weight excluding hydrogens is 445 g/mol. The molecule has 3 rings (SSSR count). The van der Waals surface area contributed by atoms with Crippen LogP contribution < -0.4 is 14.9 Å². The third-order valence-electron chi connectivity index (χ3n) is 4.52. The van der Waals surface area contributed by atoms with Crippen LogP contribution in [0.4, 0.5) is 36.3 Å². The van der Waals surface area contributed by atoms with Crippen LogP contribution in [0.2, 0.25) is 0 Å². The molecule has 0 aliphatic carbocycles. The Balaban J connectivity index is 1.92. The summed E-state index contributed by atoms with van der Waals surface area (Å²) in [5, 5.41) is 5.53. The van der Waals surface area contributed by atoms with Crippen LogP contribution >= 0.6 is 0 Å². The minimum atomic E-state index is -4.68. The molecule has 2 N–H and O–H groups in total. The molecule has 2 aromatic heterocycles. The van der Waals surface area contributed by atoms with Gasteiger partial charge in [-0.15, -0.1) is 0 Å². The normalized spacial score (nSPS) is 11.8. The van der Waals surface area contributed by atoms with E-state index >= 15 is 0 Å². The van der Waals surface area contributed by atoms with Crippen molar-refractivity contribution in [2.45, 2.75) is 19.6 Å². The molecule has 0 bridgehead atoms. The minimum Gasteiger partial charge on any atom is -0.365 e. The monoisotopic (exact) mass is 466 g/mol. The Morgan fingerprint density at radius 3 is 2.50 bits per heavy atom. The van der Waals surface area contributed by atoms with Crippen LogP contribution in [0.15, 0.2) is 48.8 Å². The van der Waals surface area contributed by atoms with Crippen molar-refractivity contribution in [3.63, 3.8) is 0 Å². The number of hydrogen-bond donors (Lipinski definition) is 2. The molecule has 0 aliphatic heterocycles. The number of alkyl halides is 3. The SMILES string of the molecule is Cc1cc(Nc2ncc(C(F)(F)F)c(NCc3ccccc3N(C)S(C)(=O)=O)n2)ccn1. The first-order valence-corrected chi connectivity index (χ1v) is 11.2. The molecule has 0 aliphatic rings. The molecule has 8 nitrogen and oxygen atoms in total. The summed E-state index contributed by atoms with van der Waals surface area (Å²) in [4.78, 5) is 11.8. The van der Waals surface area contributed by atoms with E-state index in [1.807, 2.05) is 0 Å². The van der Waals surface area contributed by atoms with E-state index in [2.05, 4.69) is 25.6 Å². The molecule has 0 spiro atoms. The summed E-state index contributed by atoms with van der Waals surface area (Å²) in [6, 6.07) is 9.84. The number of hydrogen-bond acceptors (Lipinski definition) is 7. The lowest BCUT2D eigenvalue weighted by Gasteiger charge is -2.21. The van der Waals surface area contributed by atoms with E-state index in [0.717, 1.165) is 10.6 Å². The second-order valence-corrected chi connectivity index (χ2v) is 8.99. The Kier molecular flexibility index (Phi) is 6.53. The number of aromatic nitrogens is 3. The summed E-state index contributed by atoms with van der Waals surface area (Å²) in [5.41, 5.74) is 1.07. The summed E-state index contributed by atoms with van der Waals surface area (Å²) in [6.07, 6.45) is -1.39. The Morgan fingerprint density at radius 1 is 1.12 bits per heavy atom. The van der Waals surface area contributed by atoms with Crippen LogP contribution in [-0.4, -0.2) is 36.7 Å². The molecule has 2 heterocycles. The minimum absolute atomic E-state index is 0.0346. The molecule has 0 saturated heterocycles. The van der Waals surface area contributed by atoms with Crippen LogP contribution in [0.3, 0.4) is 0 Å². The first-order valence-electron chi connectivity index (χ1n) is 9.35. The Bertz CT molecular complexity index is 1220. The number of aryl methyl sites for hydroxylation is 1. The van der Waals surface area contributed by atoms with Crippen LogP contribution in [-0.2, 0) is 22.7 Å². The standard InChI is InChI=1S/C20H21F3N6O2S/c1-13-10-15(8-9-24-13)27-19-26-12-16(20(21,22)23)18(28-19)25-11-14-6-4-5-7-17(14)29(2)32(3,30)31/h4-10,12H,11H2,1-3H3,(H2,24,25,26,27,28). The number of benzene rings is 1. The van der Waals surface area contributed by atoms with E-state index in [4.69, 9.17) is 0 Å². The van der Waals surface area contributed by atoms with Gasteiger partial charge in [-0.3, -0.25) is 9.29 Å². The van der Waals surface area contributed by atoms with Gasteiger partial charge in [-0.25, -0.2) is 13.4 Å². The van der Waals surface area contributed by atoms with Crippen molar-refractivity contribution >= 4 is 33.2 Å². The van der Waals surface area contributed by atoms with E-state index in [0.29, 0.717) is 28.8 Å². The quantitative estimate of drug-likeness (QED) is 0.544. The smallest absolute Gasteiger partial charge is 0.365 e. The highest BCUT2D eigenvalue weighted by Gasteiger charge is 2.35. The van der Waals surface area contributed by atoms with Gasteiger partial charge in [-0.05, 0) is 30.7 Å². The maximum absolute atomic E-state index is 13.5. The third kappa shape index (κ3) is 5.63. The van der Waals surface area contributed by atoms with Gasteiger partial charge in [0.1, 0.15) is 11.4 Å². The Labute approximate surface area is 183 Å². The molecule has 0 unspecified atom stereocenters. The second-order valence-electron chi connectivity index (χ2n) is 6.98. The second kappa shape index (κ2) is 8.99. The van der Waals surface area contributed by atoms with Crippen molar-refractivity contribution in [1.82, 2.24) is 15.0 Å². The highest BCUT2D eigenvalue weighted by molar-refractivity contribution is 7.92. The van der Waals surface area contributed by atoms with Crippen molar-refractivity contribution in [2.75, 3.05) is 28.2 Å². The molecule has 0 fully saturated rings. The van der Waals surface area contributed by atoms with Gasteiger partial charge in [0.05, 0.1) is 11.9 Å². The molecule has 32 heavy (non-hydrogen) atoms. The zero-order valence-electron chi connectivity index (χ0n) is 17.5. The largest absolute Gasteiger partial charge is 0.421 e. The van der Waals surface area contributed by atoms with Gasteiger partial charge in [0.25, 0.3) is 0 Å². The number of nitrogens with one attached hydrogen (secondary N) is 2. The summed E-state index contributed by atoms with van der Waals surface area (Å²) in [5.74, 6) is -0.467. The fraction of sp³-hybridized carbons (Fsp3) is 0.250. The average molecular weight is 466 g/mol. The molecule has 0 atom stereocenters. The van der Waals surface area contributed by atoms with Crippen molar-refractivity contribution in [3.8, 4) is 0 Å². The maximum atomic E-state index is 13.5. The fourth-order valence-corrected chi connectivity index (χ4v) is 3.40. The third-order valence-corrected chi connectivity index (χ3v) is 5.71. The van der Waals surface area contributed by atoms with Gasteiger partial charge in [0.2, 0.25) is 16.0 Å². The van der Waals surface area contributed by atoms with E-state index in [9.17, 15) is 21.6 Å².